The molecule has 3 rings (SSSR count). The lowest BCUT2D eigenvalue weighted by atomic mass is 9.99. The Morgan fingerprint density at radius 1 is 1.28 bits per heavy atom. The first-order valence-electron chi connectivity index (χ1n) is 11.1. The average molecular weight is 419 g/mol. The van der Waals surface area contributed by atoms with Gasteiger partial charge in [0.1, 0.15) is 0 Å². The van der Waals surface area contributed by atoms with Crippen molar-refractivity contribution >= 4 is 17.7 Å². The molecule has 0 unspecified atom stereocenters. The molecule has 2 aliphatic heterocycles. The summed E-state index contributed by atoms with van der Waals surface area (Å²) in [4.78, 5) is 7.06. The molecular formula is C23H38N4OS. The molecule has 0 atom stereocenters. The van der Waals surface area contributed by atoms with E-state index in [1.165, 1.54) is 11.1 Å². The van der Waals surface area contributed by atoms with Crippen LogP contribution in [0.4, 0.5) is 0 Å². The van der Waals surface area contributed by atoms with Crippen LogP contribution in [0.3, 0.4) is 0 Å². The van der Waals surface area contributed by atoms with Gasteiger partial charge >= 0.3 is 0 Å². The van der Waals surface area contributed by atoms with Gasteiger partial charge in [0.25, 0.3) is 0 Å². The molecule has 1 aromatic carbocycles. The van der Waals surface area contributed by atoms with Crippen LogP contribution in [0.2, 0.25) is 0 Å². The highest BCUT2D eigenvalue weighted by molar-refractivity contribution is 8.00. The van der Waals surface area contributed by atoms with E-state index in [9.17, 15) is 0 Å². The van der Waals surface area contributed by atoms with Gasteiger partial charge in [-0.3, -0.25) is 9.89 Å². The van der Waals surface area contributed by atoms with Gasteiger partial charge in [0.15, 0.2) is 5.96 Å². The number of aryl methyl sites for hydroxylation is 1. The Labute approximate surface area is 181 Å². The fraction of sp³-hybridized carbons (Fsp3) is 0.696. The highest BCUT2D eigenvalue weighted by atomic mass is 32.2. The number of piperidine rings is 1. The molecule has 1 aromatic rings. The van der Waals surface area contributed by atoms with E-state index in [0.717, 1.165) is 76.8 Å². The molecule has 0 radical (unpaired) electrons. The maximum atomic E-state index is 5.59. The second-order valence-corrected chi connectivity index (χ2v) is 10.1. The fourth-order valence-corrected chi connectivity index (χ4v) is 5.60. The Kier molecular flexibility index (Phi) is 8.69. The molecule has 29 heavy (non-hydrogen) atoms. The molecule has 0 aromatic heterocycles. The van der Waals surface area contributed by atoms with Crippen molar-refractivity contribution in [1.29, 1.82) is 0 Å². The largest absolute Gasteiger partial charge is 0.381 e. The van der Waals surface area contributed by atoms with Crippen molar-refractivity contribution in [2.24, 2.45) is 4.99 Å². The molecule has 2 aliphatic rings. The Morgan fingerprint density at radius 3 is 2.69 bits per heavy atom. The van der Waals surface area contributed by atoms with E-state index in [0.29, 0.717) is 6.04 Å². The smallest absolute Gasteiger partial charge is 0.191 e. The minimum Gasteiger partial charge on any atom is -0.381 e. The van der Waals surface area contributed by atoms with Crippen molar-refractivity contribution in [1.82, 2.24) is 15.5 Å². The van der Waals surface area contributed by atoms with Gasteiger partial charge in [-0.2, -0.15) is 11.8 Å². The molecule has 6 heteroatoms. The summed E-state index contributed by atoms with van der Waals surface area (Å²) in [6, 6.07) is 9.37. The van der Waals surface area contributed by atoms with Crippen LogP contribution in [-0.2, 0) is 11.3 Å². The van der Waals surface area contributed by atoms with Crippen molar-refractivity contribution in [3.8, 4) is 0 Å². The van der Waals surface area contributed by atoms with E-state index in [1.54, 1.807) is 0 Å². The van der Waals surface area contributed by atoms with E-state index in [1.807, 2.05) is 7.05 Å². The van der Waals surface area contributed by atoms with Crippen molar-refractivity contribution in [2.75, 3.05) is 45.6 Å². The Morgan fingerprint density at radius 2 is 2.03 bits per heavy atom. The zero-order valence-corrected chi connectivity index (χ0v) is 19.2. The van der Waals surface area contributed by atoms with E-state index in [2.05, 4.69) is 70.4 Å². The second-order valence-electron chi connectivity index (χ2n) is 8.34. The van der Waals surface area contributed by atoms with Gasteiger partial charge in [0.2, 0.25) is 0 Å². The Balaban J connectivity index is 1.43. The first-order valence-corrected chi connectivity index (χ1v) is 12.1. The number of nitrogens with zero attached hydrogens (tertiary/aromatic N) is 2. The maximum absolute atomic E-state index is 5.59. The zero-order chi connectivity index (χ0) is 20.5. The molecule has 0 aliphatic carbocycles. The van der Waals surface area contributed by atoms with Crippen molar-refractivity contribution < 1.29 is 4.74 Å². The summed E-state index contributed by atoms with van der Waals surface area (Å²) in [7, 11) is 1.88. The average Bonchev–Trinajstić information content (AvgIpc) is 2.73. The third kappa shape index (κ3) is 6.90. The molecule has 2 N–H and O–H groups in total. The minimum absolute atomic E-state index is 0.280. The van der Waals surface area contributed by atoms with E-state index >= 15 is 0 Å². The maximum Gasteiger partial charge on any atom is 0.191 e. The lowest BCUT2D eigenvalue weighted by Crippen LogP contribution is -2.52. The van der Waals surface area contributed by atoms with Gasteiger partial charge in [-0.25, -0.2) is 0 Å². The molecule has 2 fully saturated rings. The Hall–Kier alpha value is -1.24. The van der Waals surface area contributed by atoms with Gasteiger partial charge < -0.3 is 15.4 Å². The molecule has 0 spiro atoms. The quantitative estimate of drug-likeness (QED) is 0.525. The molecule has 2 saturated heterocycles. The molecular weight excluding hydrogens is 380 g/mol. The van der Waals surface area contributed by atoms with Crippen molar-refractivity contribution in [3.63, 3.8) is 0 Å². The summed E-state index contributed by atoms with van der Waals surface area (Å²) in [6.07, 6.45) is 4.56. The summed E-state index contributed by atoms with van der Waals surface area (Å²) in [5, 5.41) is 7.29. The van der Waals surface area contributed by atoms with Gasteiger partial charge in [-0.05, 0) is 43.9 Å². The standard InChI is InChI=1S/C23H38N4OS/c1-4-29-23(10-14-28-15-11-23)18-25-22(24-3)26-21-8-12-27(13-9-21)17-20-7-5-6-19(2)16-20/h5-7,16,21H,4,8-15,17-18H2,1-3H3,(H2,24,25,26). The second kappa shape index (κ2) is 11.2. The van der Waals surface area contributed by atoms with E-state index in [-0.39, 0.29) is 4.75 Å². The number of benzene rings is 1. The predicted molar refractivity (Wildman–Crippen MR) is 125 cm³/mol. The van der Waals surface area contributed by atoms with Crippen LogP contribution >= 0.6 is 11.8 Å². The summed E-state index contributed by atoms with van der Waals surface area (Å²) in [6.45, 7) is 10.5. The number of thioether (sulfide) groups is 1. The number of rotatable bonds is 7. The number of nitrogens with one attached hydrogen (secondary N) is 2. The molecule has 0 bridgehead atoms. The van der Waals surface area contributed by atoms with Gasteiger partial charge in [-0.15, -0.1) is 0 Å². The summed E-state index contributed by atoms with van der Waals surface area (Å²) < 4.78 is 5.87. The van der Waals surface area contributed by atoms with E-state index < -0.39 is 0 Å². The summed E-state index contributed by atoms with van der Waals surface area (Å²) in [5.74, 6) is 2.09. The number of likely N-dealkylation sites (tertiary alicyclic amines) is 1. The van der Waals surface area contributed by atoms with Crippen LogP contribution in [0.25, 0.3) is 0 Å². The Bertz CT molecular complexity index is 647. The zero-order valence-electron chi connectivity index (χ0n) is 18.4. The highest BCUT2D eigenvalue weighted by Crippen LogP contribution is 2.34. The lowest BCUT2D eigenvalue weighted by molar-refractivity contribution is 0.0781. The normalized spacial score (nSPS) is 21.1. The number of hydrogen-bond donors (Lipinski definition) is 2. The topological polar surface area (TPSA) is 48.9 Å². The van der Waals surface area contributed by atoms with Gasteiger partial charge in [0, 0.05) is 57.2 Å². The molecule has 0 saturated carbocycles. The number of ether oxygens (including phenoxy) is 1. The van der Waals surface area contributed by atoms with Gasteiger partial charge in [0.05, 0.1) is 0 Å². The van der Waals surface area contributed by atoms with Crippen LogP contribution in [0.15, 0.2) is 29.3 Å². The monoisotopic (exact) mass is 418 g/mol. The molecule has 2 heterocycles. The third-order valence-corrected chi connectivity index (χ3v) is 7.53. The number of guanidine groups is 1. The molecule has 0 amide bonds. The van der Waals surface area contributed by atoms with Crippen LogP contribution in [0, 0.1) is 6.92 Å². The van der Waals surface area contributed by atoms with Crippen molar-refractivity contribution in [2.45, 2.75) is 56.9 Å². The SMILES string of the molecule is CCSC1(CNC(=NC)NC2CCN(Cc3cccc(C)c3)CC2)CCOCC1. The predicted octanol–water partition coefficient (Wildman–Crippen LogP) is 3.43. The van der Waals surface area contributed by atoms with Crippen LogP contribution in [-0.4, -0.2) is 67.3 Å². The number of aliphatic imine (C=N–C) groups is 1. The summed E-state index contributed by atoms with van der Waals surface area (Å²) in [5.41, 5.74) is 2.77. The van der Waals surface area contributed by atoms with Crippen LogP contribution in [0.1, 0.15) is 43.7 Å². The minimum atomic E-state index is 0.280. The van der Waals surface area contributed by atoms with Crippen LogP contribution in [0.5, 0.6) is 0 Å². The molecule has 5 nitrogen and oxygen atoms in total. The first kappa shape index (κ1) is 22.4. The van der Waals surface area contributed by atoms with Crippen molar-refractivity contribution in [3.05, 3.63) is 35.4 Å². The van der Waals surface area contributed by atoms with Gasteiger partial charge in [-0.1, -0.05) is 36.8 Å². The van der Waals surface area contributed by atoms with E-state index in [4.69, 9.17) is 4.74 Å². The number of hydrogen-bond acceptors (Lipinski definition) is 4. The fourth-order valence-electron chi connectivity index (χ4n) is 4.36. The summed E-state index contributed by atoms with van der Waals surface area (Å²) >= 11 is 2.07. The van der Waals surface area contributed by atoms with Crippen LogP contribution < -0.4 is 10.6 Å². The molecule has 162 valence electrons. The lowest BCUT2D eigenvalue weighted by Gasteiger charge is -2.37. The highest BCUT2D eigenvalue weighted by Gasteiger charge is 2.33. The first-order chi connectivity index (χ1) is 14.1. The third-order valence-electron chi connectivity index (χ3n) is 6.07.